The molecule has 0 aliphatic rings. The third-order valence-electron chi connectivity index (χ3n) is 2.53. The van der Waals surface area contributed by atoms with Crippen molar-refractivity contribution in [2.75, 3.05) is 0 Å². The first-order chi connectivity index (χ1) is 8.56. The van der Waals surface area contributed by atoms with Crippen molar-refractivity contribution in [2.24, 2.45) is 5.73 Å². The second kappa shape index (κ2) is 5.50. The predicted octanol–water partition coefficient (Wildman–Crippen LogP) is 4.14. The molecular formula is C14H13F2NS. The fourth-order valence-corrected chi connectivity index (χ4v) is 2.38. The molecular weight excluding hydrogens is 252 g/mol. The second-order valence-corrected chi connectivity index (χ2v) is 5.15. The summed E-state index contributed by atoms with van der Waals surface area (Å²) in [5.74, 6) is -0.858. The predicted molar refractivity (Wildman–Crippen MR) is 69.5 cm³/mol. The van der Waals surface area contributed by atoms with Crippen LogP contribution in [0.2, 0.25) is 0 Å². The third-order valence-corrected chi connectivity index (χ3v) is 3.57. The Labute approximate surface area is 109 Å². The number of hydrogen-bond donors (Lipinski definition) is 1. The standard InChI is InChI=1S/C14H13F2NS/c1-9(17)10-2-5-12(6-3-10)18-14-8-11(15)4-7-13(14)16/h2-9H,17H2,1H3. The zero-order valence-electron chi connectivity index (χ0n) is 9.86. The van der Waals surface area contributed by atoms with Crippen molar-refractivity contribution >= 4 is 11.8 Å². The number of rotatable bonds is 3. The molecule has 0 saturated heterocycles. The maximum absolute atomic E-state index is 13.5. The summed E-state index contributed by atoms with van der Waals surface area (Å²) in [6.07, 6.45) is 0. The van der Waals surface area contributed by atoms with Gasteiger partial charge in [-0.1, -0.05) is 23.9 Å². The summed E-state index contributed by atoms with van der Waals surface area (Å²) in [5, 5.41) is 0. The smallest absolute Gasteiger partial charge is 0.137 e. The average Bonchev–Trinajstić information content (AvgIpc) is 2.34. The number of hydrogen-bond acceptors (Lipinski definition) is 2. The van der Waals surface area contributed by atoms with Gasteiger partial charge in [-0.25, -0.2) is 8.78 Å². The van der Waals surface area contributed by atoms with Gasteiger partial charge in [0.25, 0.3) is 0 Å². The van der Waals surface area contributed by atoms with Crippen LogP contribution in [0.25, 0.3) is 0 Å². The highest BCUT2D eigenvalue weighted by Crippen LogP contribution is 2.30. The minimum absolute atomic E-state index is 0.0324. The Hall–Kier alpha value is -1.39. The van der Waals surface area contributed by atoms with Crippen LogP contribution in [0.1, 0.15) is 18.5 Å². The van der Waals surface area contributed by atoms with Crippen molar-refractivity contribution in [3.63, 3.8) is 0 Å². The van der Waals surface area contributed by atoms with Crippen molar-refractivity contribution < 1.29 is 8.78 Å². The fourth-order valence-electron chi connectivity index (χ4n) is 1.52. The molecule has 0 aliphatic heterocycles. The molecule has 1 atom stereocenters. The van der Waals surface area contributed by atoms with Crippen molar-refractivity contribution in [3.8, 4) is 0 Å². The molecule has 2 N–H and O–H groups in total. The molecule has 0 saturated carbocycles. The van der Waals surface area contributed by atoms with E-state index in [2.05, 4.69) is 0 Å². The topological polar surface area (TPSA) is 26.0 Å². The van der Waals surface area contributed by atoms with Gasteiger partial charge in [0.15, 0.2) is 0 Å². The molecule has 0 spiro atoms. The molecule has 94 valence electrons. The summed E-state index contributed by atoms with van der Waals surface area (Å²) in [7, 11) is 0. The number of benzene rings is 2. The first kappa shape index (κ1) is 13.1. The lowest BCUT2D eigenvalue weighted by Crippen LogP contribution is -2.04. The van der Waals surface area contributed by atoms with Gasteiger partial charge in [0.1, 0.15) is 11.6 Å². The average molecular weight is 265 g/mol. The van der Waals surface area contributed by atoms with E-state index in [0.29, 0.717) is 0 Å². The van der Waals surface area contributed by atoms with Crippen LogP contribution in [0.4, 0.5) is 8.78 Å². The summed E-state index contributed by atoms with van der Waals surface area (Å²) in [6, 6.07) is 10.9. The van der Waals surface area contributed by atoms with E-state index in [1.807, 2.05) is 31.2 Å². The molecule has 2 aromatic rings. The van der Waals surface area contributed by atoms with Gasteiger partial charge < -0.3 is 5.73 Å². The summed E-state index contributed by atoms with van der Waals surface area (Å²) >= 11 is 1.19. The van der Waals surface area contributed by atoms with Crippen molar-refractivity contribution in [1.82, 2.24) is 0 Å². The van der Waals surface area contributed by atoms with E-state index in [1.165, 1.54) is 17.8 Å². The van der Waals surface area contributed by atoms with Crippen LogP contribution in [-0.4, -0.2) is 0 Å². The maximum atomic E-state index is 13.5. The SMILES string of the molecule is CC(N)c1ccc(Sc2cc(F)ccc2F)cc1. The van der Waals surface area contributed by atoms with Crippen LogP contribution in [0.3, 0.4) is 0 Å². The Kier molecular flexibility index (Phi) is 3.99. The van der Waals surface area contributed by atoms with Gasteiger partial charge in [-0.2, -0.15) is 0 Å². The minimum atomic E-state index is -0.439. The summed E-state index contributed by atoms with van der Waals surface area (Å²) in [5.41, 5.74) is 6.76. The highest BCUT2D eigenvalue weighted by molar-refractivity contribution is 7.99. The van der Waals surface area contributed by atoms with Crippen LogP contribution >= 0.6 is 11.8 Å². The van der Waals surface area contributed by atoms with Crippen molar-refractivity contribution in [1.29, 1.82) is 0 Å². The molecule has 0 heterocycles. The molecule has 2 rings (SSSR count). The van der Waals surface area contributed by atoms with E-state index in [0.717, 1.165) is 22.6 Å². The van der Waals surface area contributed by atoms with Gasteiger partial charge >= 0.3 is 0 Å². The molecule has 0 aromatic heterocycles. The Bertz CT molecular complexity index is 538. The molecule has 4 heteroatoms. The van der Waals surface area contributed by atoms with Gasteiger partial charge in [0, 0.05) is 10.9 Å². The van der Waals surface area contributed by atoms with Crippen molar-refractivity contribution in [3.05, 3.63) is 59.7 Å². The molecule has 2 aromatic carbocycles. The zero-order chi connectivity index (χ0) is 13.1. The van der Waals surface area contributed by atoms with E-state index in [-0.39, 0.29) is 10.9 Å². The first-order valence-corrected chi connectivity index (χ1v) is 6.36. The number of nitrogens with two attached hydrogens (primary N) is 1. The van der Waals surface area contributed by atoms with Gasteiger partial charge in [-0.15, -0.1) is 0 Å². The van der Waals surface area contributed by atoms with Crippen LogP contribution in [-0.2, 0) is 0 Å². The highest BCUT2D eigenvalue weighted by Gasteiger charge is 2.06. The summed E-state index contributed by atoms with van der Waals surface area (Å²) < 4.78 is 26.5. The molecule has 0 radical (unpaired) electrons. The van der Waals surface area contributed by atoms with Gasteiger partial charge in [0.2, 0.25) is 0 Å². The Morgan fingerprint density at radius 1 is 1.06 bits per heavy atom. The normalized spacial score (nSPS) is 12.4. The molecule has 1 unspecified atom stereocenters. The van der Waals surface area contributed by atoms with E-state index in [1.54, 1.807) is 0 Å². The molecule has 0 amide bonds. The number of halogens is 2. The van der Waals surface area contributed by atoms with Crippen LogP contribution in [0.5, 0.6) is 0 Å². The largest absolute Gasteiger partial charge is 0.324 e. The molecule has 0 aliphatic carbocycles. The Morgan fingerprint density at radius 2 is 1.72 bits per heavy atom. The Balaban J connectivity index is 2.21. The molecule has 18 heavy (non-hydrogen) atoms. The monoisotopic (exact) mass is 265 g/mol. The van der Waals surface area contributed by atoms with Crippen LogP contribution in [0.15, 0.2) is 52.3 Å². The quantitative estimate of drug-likeness (QED) is 0.902. The van der Waals surface area contributed by atoms with Gasteiger partial charge in [-0.3, -0.25) is 0 Å². The maximum Gasteiger partial charge on any atom is 0.137 e. The zero-order valence-corrected chi connectivity index (χ0v) is 10.7. The van der Waals surface area contributed by atoms with E-state index in [4.69, 9.17) is 5.73 Å². The Morgan fingerprint density at radius 3 is 2.33 bits per heavy atom. The lowest BCUT2D eigenvalue weighted by Gasteiger charge is -2.07. The second-order valence-electron chi connectivity index (χ2n) is 4.03. The molecule has 1 nitrogen and oxygen atoms in total. The van der Waals surface area contributed by atoms with Crippen LogP contribution < -0.4 is 5.73 Å². The molecule has 0 fully saturated rings. The highest BCUT2D eigenvalue weighted by atomic mass is 32.2. The van der Waals surface area contributed by atoms with Gasteiger partial charge in [-0.05, 0) is 42.8 Å². The third kappa shape index (κ3) is 3.09. The van der Waals surface area contributed by atoms with E-state index >= 15 is 0 Å². The molecule has 0 bridgehead atoms. The fraction of sp³-hybridized carbons (Fsp3) is 0.143. The van der Waals surface area contributed by atoms with Gasteiger partial charge in [0.05, 0.1) is 4.90 Å². The van der Waals surface area contributed by atoms with Crippen molar-refractivity contribution in [2.45, 2.75) is 22.8 Å². The van der Waals surface area contributed by atoms with Crippen LogP contribution in [0, 0.1) is 11.6 Å². The van der Waals surface area contributed by atoms with E-state index < -0.39 is 11.6 Å². The minimum Gasteiger partial charge on any atom is -0.324 e. The lowest BCUT2D eigenvalue weighted by atomic mass is 10.1. The lowest BCUT2D eigenvalue weighted by molar-refractivity contribution is 0.577. The summed E-state index contributed by atoms with van der Waals surface area (Å²) in [4.78, 5) is 1.13. The summed E-state index contributed by atoms with van der Waals surface area (Å²) in [6.45, 7) is 1.90. The first-order valence-electron chi connectivity index (χ1n) is 5.54. The van der Waals surface area contributed by atoms with E-state index in [9.17, 15) is 8.78 Å².